The largest absolute Gasteiger partial charge is 0.351 e. The molecule has 0 aliphatic heterocycles. The van der Waals surface area contributed by atoms with E-state index < -0.39 is 0 Å². The van der Waals surface area contributed by atoms with Crippen LogP contribution in [0.1, 0.15) is 29.7 Å². The number of nitrogens with one attached hydrogen (secondary N) is 2. The number of halogens is 1. The molecule has 0 saturated carbocycles. The molecule has 1 heterocycles. The number of benzene rings is 1. The maximum atomic E-state index is 12.0. The third-order valence-corrected chi connectivity index (χ3v) is 3.25. The van der Waals surface area contributed by atoms with Crippen molar-refractivity contribution >= 4 is 33.3 Å². The number of hydrogen-bond donors (Lipinski definition) is 2. The highest BCUT2D eigenvalue weighted by atomic mass is 79.9. The van der Waals surface area contributed by atoms with Gasteiger partial charge in [-0.1, -0.05) is 22.9 Å². The van der Waals surface area contributed by atoms with Crippen LogP contribution in [-0.2, 0) is 0 Å². The quantitative estimate of drug-likeness (QED) is 0.868. The van der Waals surface area contributed by atoms with Crippen LogP contribution in [0.25, 0.3) is 0 Å². The minimum Gasteiger partial charge on any atom is -0.351 e. The molecule has 0 spiro atoms. The van der Waals surface area contributed by atoms with Gasteiger partial charge in [0, 0.05) is 22.8 Å². The van der Waals surface area contributed by atoms with E-state index in [-0.39, 0.29) is 5.91 Å². The average Bonchev–Trinajstić information content (AvgIpc) is 2.46. The number of nitrogens with zero attached hydrogens (tertiary/aromatic N) is 2. The summed E-state index contributed by atoms with van der Waals surface area (Å²) in [5, 5.41) is 5.98. The van der Waals surface area contributed by atoms with E-state index >= 15 is 0 Å². The Morgan fingerprint density at radius 2 is 1.95 bits per heavy atom. The van der Waals surface area contributed by atoms with Crippen LogP contribution >= 0.6 is 15.9 Å². The zero-order chi connectivity index (χ0) is 15.2. The molecule has 21 heavy (non-hydrogen) atoms. The van der Waals surface area contributed by atoms with E-state index in [9.17, 15) is 4.79 Å². The Morgan fingerprint density at radius 1 is 1.24 bits per heavy atom. The molecular formula is C15H17BrN4O. The van der Waals surface area contributed by atoms with Crippen LogP contribution in [0, 0.1) is 6.92 Å². The molecule has 0 bridgehead atoms. The van der Waals surface area contributed by atoms with Crippen LogP contribution in [-0.4, -0.2) is 22.4 Å². The second-order valence-electron chi connectivity index (χ2n) is 4.57. The van der Waals surface area contributed by atoms with E-state index in [4.69, 9.17) is 0 Å². The zero-order valence-corrected chi connectivity index (χ0v) is 13.6. The molecule has 2 N–H and O–H groups in total. The van der Waals surface area contributed by atoms with Crippen molar-refractivity contribution in [2.75, 3.05) is 11.9 Å². The summed E-state index contributed by atoms with van der Waals surface area (Å²) in [5.41, 5.74) is 1.27. The van der Waals surface area contributed by atoms with Crippen LogP contribution in [0.5, 0.6) is 0 Å². The fourth-order valence-corrected chi connectivity index (χ4v) is 2.02. The van der Waals surface area contributed by atoms with Crippen LogP contribution in [0.4, 0.5) is 11.5 Å². The molecule has 1 aromatic carbocycles. The molecule has 0 unspecified atom stereocenters. The summed E-state index contributed by atoms with van der Waals surface area (Å²) in [6, 6.07) is 9.38. The predicted octanol–water partition coefficient (Wildman–Crippen LogP) is 3.43. The number of carbonyl (C=O) groups excluding carboxylic acids is 1. The summed E-state index contributed by atoms with van der Waals surface area (Å²) >= 11 is 3.39. The van der Waals surface area contributed by atoms with Crippen molar-refractivity contribution in [3.05, 3.63) is 46.3 Å². The highest BCUT2D eigenvalue weighted by Gasteiger charge is 2.10. The molecule has 0 atom stereocenters. The lowest BCUT2D eigenvalue weighted by Gasteiger charge is -2.09. The molecule has 6 heteroatoms. The first kappa shape index (κ1) is 15.4. The standard InChI is InChI=1S/C15H17BrN4O/c1-3-8-17-15(21)13-9-14(19-10(2)18-13)20-12-6-4-11(16)5-7-12/h4-7,9H,3,8H2,1-2H3,(H,17,21)(H,18,19,20). The summed E-state index contributed by atoms with van der Waals surface area (Å²) < 4.78 is 1.01. The van der Waals surface area contributed by atoms with Crippen LogP contribution in [0.15, 0.2) is 34.8 Å². The van der Waals surface area contributed by atoms with Gasteiger partial charge in [0.15, 0.2) is 0 Å². The first-order chi connectivity index (χ1) is 10.1. The summed E-state index contributed by atoms with van der Waals surface area (Å²) in [6.07, 6.45) is 0.889. The van der Waals surface area contributed by atoms with Crippen molar-refractivity contribution in [1.29, 1.82) is 0 Å². The van der Waals surface area contributed by atoms with Gasteiger partial charge < -0.3 is 10.6 Å². The Kier molecular flexibility index (Phi) is 5.27. The average molecular weight is 349 g/mol. The minimum absolute atomic E-state index is 0.179. The van der Waals surface area contributed by atoms with Gasteiger partial charge in [-0.25, -0.2) is 9.97 Å². The maximum Gasteiger partial charge on any atom is 0.270 e. The van der Waals surface area contributed by atoms with E-state index in [1.807, 2.05) is 31.2 Å². The van der Waals surface area contributed by atoms with Gasteiger partial charge in [0.2, 0.25) is 0 Å². The normalized spacial score (nSPS) is 10.2. The number of carbonyl (C=O) groups is 1. The van der Waals surface area contributed by atoms with Crippen LogP contribution in [0.2, 0.25) is 0 Å². The van der Waals surface area contributed by atoms with Crippen molar-refractivity contribution in [2.24, 2.45) is 0 Å². The Balaban J connectivity index is 2.18. The highest BCUT2D eigenvalue weighted by Crippen LogP contribution is 2.18. The van der Waals surface area contributed by atoms with Gasteiger partial charge in [-0.05, 0) is 37.6 Å². The van der Waals surface area contributed by atoms with Gasteiger partial charge in [-0.2, -0.15) is 0 Å². The van der Waals surface area contributed by atoms with Gasteiger partial charge in [0.1, 0.15) is 17.3 Å². The fourth-order valence-electron chi connectivity index (χ4n) is 1.76. The summed E-state index contributed by atoms with van der Waals surface area (Å²) in [6.45, 7) is 4.41. The Bertz CT molecular complexity index is 628. The molecule has 2 aromatic rings. The molecule has 1 amide bonds. The highest BCUT2D eigenvalue weighted by molar-refractivity contribution is 9.10. The van der Waals surface area contributed by atoms with Gasteiger partial charge in [-0.15, -0.1) is 0 Å². The topological polar surface area (TPSA) is 66.9 Å². The lowest BCUT2D eigenvalue weighted by molar-refractivity contribution is 0.0948. The zero-order valence-electron chi connectivity index (χ0n) is 12.0. The monoisotopic (exact) mass is 348 g/mol. The van der Waals surface area contributed by atoms with Gasteiger partial charge in [0.05, 0.1) is 0 Å². The lowest BCUT2D eigenvalue weighted by atomic mass is 10.3. The molecule has 5 nitrogen and oxygen atoms in total. The summed E-state index contributed by atoms with van der Waals surface area (Å²) in [4.78, 5) is 20.4. The summed E-state index contributed by atoms with van der Waals surface area (Å²) in [7, 11) is 0. The number of aromatic nitrogens is 2. The molecule has 0 aliphatic rings. The molecule has 0 fully saturated rings. The second kappa shape index (κ2) is 7.17. The number of hydrogen-bond acceptors (Lipinski definition) is 4. The van der Waals surface area contributed by atoms with E-state index in [2.05, 4.69) is 36.5 Å². The van der Waals surface area contributed by atoms with Gasteiger partial charge in [0.25, 0.3) is 5.91 Å². The van der Waals surface area contributed by atoms with Crippen molar-refractivity contribution in [2.45, 2.75) is 20.3 Å². The van der Waals surface area contributed by atoms with Gasteiger partial charge in [-0.3, -0.25) is 4.79 Å². The molecule has 0 aliphatic carbocycles. The molecule has 2 rings (SSSR count). The third-order valence-electron chi connectivity index (χ3n) is 2.72. The van der Waals surface area contributed by atoms with E-state index in [1.54, 1.807) is 13.0 Å². The van der Waals surface area contributed by atoms with E-state index in [0.29, 0.717) is 23.9 Å². The molecular weight excluding hydrogens is 332 g/mol. The first-order valence-corrected chi connectivity index (χ1v) is 7.54. The molecule has 110 valence electrons. The van der Waals surface area contributed by atoms with Crippen LogP contribution in [0.3, 0.4) is 0 Å². The SMILES string of the molecule is CCCNC(=O)c1cc(Nc2ccc(Br)cc2)nc(C)n1. The Hall–Kier alpha value is -1.95. The van der Waals surface area contributed by atoms with Gasteiger partial charge >= 0.3 is 0 Å². The van der Waals surface area contributed by atoms with Crippen molar-refractivity contribution in [3.8, 4) is 0 Å². The number of anilines is 2. The number of aryl methyl sites for hydroxylation is 1. The smallest absolute Gasteiger partial charge is 0.270 e. The second-order valence-corrected chi connectivity index (χ2v) is 5.49. The maximum absolute atomic E-state index is 12.0. The number of rotatable bonds is 5. The summed E-state index contributed by atoms with van der Waals surface area (Å²) in [5.74, 6) is 0.978. The molecule has 0 radical (unpaired) electrons. The molecule has 1 aromatic heterocycles. The predicted molar refractivity (Wildman–Crippen MR) is 86.8 cm³/mol. The minimum atomic E-state index is -0.179. The van der Waals surface area contributed by atoms with Crippen molar-refractivity contribution < 1.29 is 4.79 Å². The Labute approximate surface area is 132 Å². The van der Waals surface area contributed by atoms with Crippen molar-refractivity contribution in [3.63, 3.8) is 0 Å². The van der Waals surface area contributed by atoms with E-state index in [1.165, 1.54) is 0 Å². The Morgan fingerprint density at radius 3 is 2.62 bits per heavy atom. The first-order valence-electron chi connectivity index (χ1n) is 6.75. The molecule has 0 saturated heterocycles. The van der Waals surface area contributed by atoms with Crippen molar-refractivity contribution in [1.82, 2.24) is 15.3 Å². The fraction of sp³-hybridized carbons (Fsp3) is 0.267. The lowest BCUT2D eigenvalue weighted by Crippen LogP contribution is -2.25. The third kappa shape index (κ3) is 4.53. The van der Waals surface area contributed by atoms with E-state index in [0.717, 1.165) is 16.6 Å². The number of amides is 1. The van der Waals surface area contributed by atoms with Crippen LogP contribution < -0.4 is 10.6 Å².